The van der Waals surface area contributed by atoms with Crippen molar-refractivity contribution in [1.29, 1.82) is 0 Å². The summed E-state index contributed by atoms with van der Waals surface area (Å²) in [5.74, 6) is -7.55. The fourth-order valence-corrected chi connectivity index (χ4v) is 2.73. The monoisotopic (exact) mass is 482 g/mol. The van der Waals surface area contributed by atoms with Crippen molar-refractivity contribution in [3.8, 4) is 0 Å². The average molecular weight is 482 g/mol. The molecule has 1 aromatic rings. The van der Waals surface area contributed by atoms with Crippen LogP contribution in [0.25, 0.3) is 0 Å². The van der Waals surface area contributed by atoms with Gasteiger partial charge in [0.05, 0.1) is 25.5 Å². The first-order valence-electron chi connectivity index (χ1n) is 9.92. The summed E-state index contributed by atoms with van der Waals surface area (Å²) >= 11 is 0. The third-order valence-electron chi connectivity index (χ3n) is 4.46. The lowest BCUT2D eigenvalue weighted by Crippen LogP contribution is -2.58. The molecule has 4 unspecified atom stereocenters. The summed E-state index contributed by atoms with van der Waals surface area (Å²) < 4.78 is 0. The van der Waals surface area contributed by atoms with Gasteiger partial charge in [-0.25, -0.2) is 4.79 Å². The van der Waals surface area contributed by atoms with Gasteiger partial charge in [0.2, 0.25) is 17.7 Å². The van der Waals surface area contributed by atoms with Crippen LogP contribution in [0.4, 0.5) is 0 Å². The molecule has 0 saturated heterocycles. The zero-order valence-electron chi connectivity index (χ0n) is 17.8. The molecule has 4 atom stereocenters. The number of nitrogens with two attached hydrogens (primary N) is 1. The number of hydrogen-bond acceptors (Lipinski definition) is 8. The number of aliphatic carboxylic acids is 3. The normalized spacial score (nSPS) is 14.1. The van der Waals surface area contributed by atoms with Crippen molar-refractivity contribution >= 4 is 35.6 Å². The fourth-order valence-electron chi connectivity index (χ4n) is 2.73. The highest BCUT2D eigenvalue weighted by molar-refractivity contribution is 5.95. The van der Waals surface area contributed by atoms with Gasteiger partial charge < -0.3 is 42.1 Å². The van der Waals surface area contributed by atoms with E-state index in [4.69, 9.17) is 21.1 Å². The van der Waals surface area contributed by atoms with Crippen molar-refractivity contribution < 1.29 is 49.2 Å². The molecule has 14 heteroatoms. The van der Waals surface area contributed by atoms with Crippen LogP contribution in [0, 0.1) is 0 Å². The first-order chi connectivity index (χ1) is 15.9. The molecule has 14 nitrogen and oxygen atoms in total. The molecule has 0 heterocycles. The second-order valence-electron chi connectivity index (χ2n) is 7.20. The van der Waals surface area contributed by atoms with E-state index in [1.165, 1.54) is 0 Å². The van der Waals surface area contributed by atoms with Gasteiger partial charge in [-0.2, -0.15) is 0 Å². The number of benzene rings is 1. The Kier molecular flexibility index (Phi) is 11.1. The zero-order valence-corrected chi connectivity index (χ0v) is 17.8. The van der Waals surface area contributed by atoms with Gasteiger partial charge in [0, 0.05) is 6.42 Å². The SMILES string of the molecule is NC(CC(=O)O)C(=O)NC(Cc1ccccc1)C(=O)NC(CO)C(=O)NC(CC(=O)O)C(=O)O. The number of carbonyl (C=O) groups excluding carboxylic acids is 3. The first-order valence-corrected chi connectivity index (χ1v) is 9.92. The predicted octanol–water partition coefficient (Wildman–Crippen LogP) is -2.96. The van der Waals surface area contributed by atoms with Gasteiger partial charge in [0.15, 0.2) is 0 Å². The van der Waals surface area contributed by atoms with E-state index in [1.807, 2.05) is 5.32 Å². The van der Waals surface area contributed by atoms with E-state index < -0.39 is 79.2 Å². The highest BCUT2D eigenvalue weighted by Gasteiger charge is 2.31. The topological polar surface area (TPSA) is 245 Å². The summed E-state index contributed by atoms with van der Waals surface area (Å²) in [6.07, 6.45) is -1.73. The molecular weight excluding hydrogens is 456 g/mol. The molecule has 186 valence electrons. The van der Waals surface area contributed by atoms with E-state index in [1.54, 1.807) is 30.3 Å². The largest absolute Gasteiger partial charge is 0.481 e. The van der Waals surface area contributed by atoms with Crippen molar-refractivity contribution in [1.82, 2.24) is 16.0 Å². The Morgan fingerprint density at radius 1 is 0.735 bits per heavy atom. The Balaban J connectivity index is 2.99. The maximum atomic E-state index is 12.8. The molecule has 0 saturated carbocycles. The molecule has 0 fully saturated rings. The van der Waals surface area contributed by atoms with Crippen LogP contribution in [0.1, 0.15) is 18.4 Å². The molecule has 0 spiro atoms. The minimum atomic E-state index is -1.82. The van der Waals surface area contributed by atoms with Crippen LogP contribution in [0.15, 0.2) is 30.3 Å². The molecule has 34 heavy (non-hydrogen) atoms. The number of amides is 3. The molecule has 1 aromatic carbocycles. The fraction of sp³-hybridized carbons (Fsp3) is 0.400. The third-order valence-corrected chi connectivity index (χ3v) is 4.46. The minimum absolute atomic E-state index is 0.0886. The standard InChI is InChI=1S/C20H26N4O10/c21-11(7-15(26)27)17(30)22-12(6-10-4-2-1-3-5-10)18(31)24-14(9-25)19(32)23-13(20(33)34)8-16(28)29/h1-5,11-14,25H,6-9,21H2,(H,22,30)(H,23,32)(H,24,31)(H,26,27)(H,28,29)(H,33,34). The lowest BCUT2D eigenvalue weighted by atomic mass is 10.0. The van der Waals surface area contributed by atoms with E-state index in [0.717, 1.165) is 0 Å². The third kappa shape index (κ3) is 9.62. The smallest absolute Gasteiger partial charge is 0.326 e. The molecule has 1 rings (SSSR count). The van der Waals surface area contributed by atoms with E-state index in [0.29, 0.717) is 5.56 Å². The predicted molar refractivity (Wildman–Crippen MR) is 113 cm³/mol. The summed E-state index contributed by atoms with van der Waals surface area (Å²) in [7, 11) is 0. The van der Waals surface area contributed by atoms with Crippen LogP contribution in [-0.4, -0.2) is 86.8 Å². The lowest BCUT2D eigenvalue weighted by Gasteiger charge is -2.24. The van der Waals surface area contributed by atoms with Gasteiger partial charge in [-0.15, -0.1) is 0 Å². The molecule has 3 amide bonds. The van der Waals surface area contributed by atoms with Gasteiger partial charge in [0.25, 0.3) is 0 Å². The molecule has 0 aromatic heterocycles. The molecule has 0 bridgehead atoms. The Bertz CT molecular complexity index is 908. The molecule has 0 radical (unpaired) electrons. The molecular formula is C20H26N4O10. The molecule has 0 aliphatic heterocycles. The summed E-state index contributed by atoms with van der Waals surface area (Å²) in [5, 5.41) is 42.5. The molecule has 0 aliphatic carbocycles. The van der Waals surface area contributed by atoms with Gasteiger partial charge in [-0.1, -0.05) is 30.3 Å². The van der Waals surface area contributed by atoms with E-state index >= 15 is 0 Å². The van der Waals surface area contributed by atoms with Gasteiger partial charge in [0.1, 0.15) is 18.1 Å². The van der Waals surface area contributed by atoms with E-state index in [2.05, 4.69) is 10.6 Å². The Hall–Kier alpha value is -4.04. The Morgan fingerprint density at radius 2 is 1.24 bits per heavy atom. The second-order valence-corrected chi connectivity index (χ2v) is 7.20. The summed E-state index contributed by atoms with van der Waals surface area (Å²) in [5.41, 5.74) is 6.12. The van der Waals surface area contributed by atoms with Crippen LogP contribution in [0.2, 0.25) is 0 Å². The number of carbonyl (C=O) groups is 6. The van der Waals surface area contributed by atoms with E-state index in [-0.39, 0.29) is 6.42 Å². The highest BCUT2D eigenvalue weighted by Crippen LogP contribution is 2.05. The van der Waals surface area contributed by atoms with Crippen LogP contribution in [0.5, 0.6) is 0 Å². The maximum absolute atomic E-state index is 12.8. The van der Waals surface area contributed by atoms with Crippen LogP contribution in [0.3, 0.4) is 0 Å². The maximum Gasteiger partial charge on any atom is 0.326 e. The Labute approximate surface area is 193 Å². The molecule has 0 aliphatic rings. The van der Waals surface area contributed by atoms with Crippen molar-refractivity contribution in [2.24, 2.45) is 5.73 Å². The van der Waals surface area contributed by atoms with Crippen molar-refractivity contribution in [2.75, 3.05) is 6.61 Å². The highest BCUT2D eigenvalue weighted by atomic mass is 16.4. The van der Waals surface area contributed by atoms with Crippen molar-refractivity contribution in [2.45, 2.75) is 43.4 Å². The zero-order chi connectivity index (χ0) is 25.8. The summed E-state index contributed by atoms with van der Waals surface area (Å²) in [4.78, 5) is 70.1. The number of carboxylic acid groups (broad SMARTS) is 3. The number of rotatable bonds is 14. The van der Waals surface area contributed by atoms with Crippen molar-refractivity contribution in [3.63, 3.8) is 0 Å². The van der Waals surface area contributed by atoms with E-state index in [9.17, 15) is 33.9 Å². The minimum Gasteiger partial charge on any atom is -0.481 e. The van der Waals surface area contributed by atoms with Crippen molar-refractivity contribution in [3.05, 3.63) is 35.9 Å². The number of aliphatic hydroxyl groups excluding tert-OH is 1. The van der Waals surface area contributed by atoms with Crippen LogP contribution >= 0.6 is 0 Å². The van der Waals surface area contributed by atoms with Gasteiger partial charge in [-0.05, 0) is 5.56 Å². The van der Waals surface area contributed by atoms with Crippen LogP contribution < -0.4 is 21.7 Å². The average Bonchev–Trinajstić information content (AvgIpc) is 2.75. The molecule has 9 N–H and O–H groups in total. The number of aliphatic hydroxyl groups is 1. The van der Waals surface area contributed by atoms with Crippen LogP contribution in [-0.2, 0) is 35.2 Å². The lowest BCUT2D eigenvalue weighted by molar-refractivity contribution is -0.147. The second kappa shape index (κ2) is 13.5. The number of nitrogens with one attached hydrogen (secondary N) is 3. The summed E-state index contributed by atoms with van der Waals surface area (Å²) in [6, 6.07) is 2.03. The quantitative estimate of drug-likeness (QED) is 0.133. The number of carboxylic acids is 3. The van der Waals surface area contributed by atoms with Gasteiger partial charge in [-0.3, -0.25) is 24.0 Å². The first kappa shape index (κ1) is 28.0. The number of hydrogen-bond donors (Lipinski definition) is 8. The Morgan fingerprint density at radius 3 is 1.74 bits per heavy atom. The summed E-state index contributed by atoms with van der Waals surface area (Å²) in [6.45, 7) is -0.971. The van der Waals surface area contributed by atoms with Gasteiger partial charge >= 0.3 is 17.9 Å².